The van der Waals surface area contributed by atoms with Crippen molar-refractivity contribution in [2.75, 3.05) is 19.7 Å². The van der Waals surface area contributed by atoms with Crippen molar-refractivity contribution in [3.05, 3.63) is 0 Å². The molecule has 0 amide bonds. The Balaban J connectivity index is 1.91. The van der Waals surface area contributed by atoms with Crippen LogP contribution in [0.2, 0.25) is 0 Å². The van der Waals surface area contributed by atoms with Gasteiger partial charge in [-0.15, -0.1) is 0 Å². The first-order chi connectivity index (χ1) is 5.40. The summed E-state index contributed by atoms with van der Waals surface area (Å²) in [6.07, 6.45) is 4.42. The van der Waals surface area contributed by atoms with Gasteiger partial charge in [-0.1, -0.05) is 6.92 Å². The standard InChI is InChI=1S/C9H17NO/c1-2-9-6-10-5-3-4-8(10)7-11-9/h8-9H,2-7H2,1H3/t8?,9-/m0/s1. The van der Waals surface area contributed by atoms with E-state index in [2.05, 4.69) is 11.8 Å². The molecule has 2 atom stereocenters. The molecule has 2 saturated heterocycles. The lowest BCUT2D eigenvalue weighted by atomic mass is 10.1. The number of rotatable bonds is 1. The molecule has 0 aromatic heterocycles. The maximum absolute atomic E-state index is 5.70. The van der Waals surface area contributed by atoms with E-state index in [0.717, 1.165) is 12.6 Å². The van der Waals surface area contributed by atoms with Gasteiger partial charge in [0, 0.05) is 12.6 Å². The Hall–Kier alpha value is -0.0800. The van der Waals surface area contributed by atoms with Crippen molar-refractivity contribution in [1.29, 1.82) is 0 Å². The van der Waals surface area contributed by atoms with Crippen molar-refractivity contribution in [3.8, 4) is 0 Å². The molecular formula is C9H17NO. The average Bonchev–Trinajstić information content (AvgIpc) is 2.50. The zero-order valence-corrected chi connectivity index (χ0v) is 7.25. The fourth-order valence-electron chi connectivity index (χ4n) is 2.13. The van der Waals surface area contributed by atoms with E-state index in [-0.39, 0.29) is 0 Å². The fraction of sp³-hybridized carbons (Fsp3) is 1.00. The topological polar surface area (TPSA) is 12.5 Å². The van der Waals surface area contributed by atoms with Crippen molar-refractivity contribution in [1.82, 2.24) is 4.90 Å². The van der Waals surface area contributed by atoms with Gasteiger partial charge in [0.15, 0.2) is 0 Å². The quantitative estimate of drug-likeness (QED) is 0.565. The van der Waals surface area contributed by atoms with E-state index in [1.807, 2.05) is 0 Å². The van der Waals surface area contributed by atoms with E-state index in [0.29, 0.717) is 6.10 Å². The van der Waals surface area contributed by atoms with Gasteiger partial charge >= 0.3 is 0 Å². The smallest absolute Gasteiger partial charge is 0.0700 e. The van der Waals surface area contributed by atoms with Crippen LogP contribution in [0.1, 0.15) is 26.2 Å². The number of morpholine rings is 1. The van der Waals surface area contributed by atoms with E-state index < -0.39 is 0 Å². The number of ether oxygens (including phenoxy) is 1. The van der Waals surface area contributed by atoms with E-state index in [4.69, 9.17) is 4.74 Å². The van der Waals surface area contributed by atoms with Gasteiger partial charge in [0.05, 0.1) is 12.7 Å². The van der Waals surface area contributed by atoms with Crippen LogP contribution in [0.4, 0.5) is 0 Å². The highest BCUT2D eigenvalue weighted by molar-refractivity contribution is 4.84. The second kappa shape index (κ2) is 3.11. The summed E-state index contributed by atoms with van der Waals surface area (Å²) in [4.78, 5) is 2.59. The molecule has 2 heteroatoms. The van der Waals surface area contributed by atoms with Crippen LogP contribution < -0.4 is 0 Å². The molecule has 2 fully saturated rings. The maximum Gasteiger partial charge on any atom is 0.0700 e. The zero-order chi connectivity index (χ0) is 7.68. The monoisotopic (exact) mass is 155 g/mol. The normalized spacial score (nSPS) is 39.0. The third kappa shape index (κ3) is 1.42. The molecule has 2 nitrogen and oxygen atoms in total. The molecule has 2 rings (SSSR count). The third-order valence-corrected chi connectivity index (χ3v) is 2.92. The summed E-state index contributed by atoms with van der Waals surface area (Å²) in [5.74, 6) is 0. The molecule has 2 aliphatic heterocycles. The van der Waals surface area contributed by atoms with Gasteiger partial charge in [0.2, 0.25) is 0 Å². The van der Waals surface area contributed by atoms with Crippen molar-refractivity contribution < 1.29 is 4.74 Å². The predicted molar refractivity (Wildman–Crippen MR) is 44.6 cm³/mol. The van der Waals surface area contributed by atoms with Crippen LogP contribution in [0.3, 0.4) is 0 Å². The van der Waals surface area contributed by atoms with Gasteiger partial charge in [0.25, 0.3) is 0 Å². The summed E-state index contributed by atoms with van der Waals surface area (Å²) in [7, 11) is 0. The molecule has 0 aromatic carbocycles. The minimum Gasteiger partial charge on any atom is -0.375 e. The third-order valence-electron chi connectivity index (χ3n) is 2.92. The molecule has 0 bridgehead atoms. The van der Waals surface area contributed by atoms with Crippen molar-refractivity contribution in [3.63, 3.8) is 0 Å². The van der Waals surface area contributed by atoms with Crippen LogP contribution in [0, 0.1) is 0 Å². The molecule has 0 aromatic rings. The SMILES string of the molecule is CC[C@H]1CN2CCCC2CO1. The van der Waals surface area contributed by atoms with Crippen molar-refractivity contribution in [2.45, 2.75) is 38.3 Å². The molecule has 2 aliphatic rings. The molecule has 1 unspecified atom stereocenters. The average molecular weight is 155 g/mol. The molecule has 11 heavy (non-hydrogen) atoms. The van der Waals surface area contributed by atoms with Crippen LogP contribution >= 0.6 is 0 Å². The van der Waals surface area contributed by atoms with Crippen molar-refractivity contribution in [2.24, 2.45) is 0 Å². The summed E-state index contributed by atoms with van der Waals surface area (Å²) < 4.78 is 5.70. The van der Waals surface area contributed by atoms with E-state index in [9.17, 15) is 0 Å². The molecule has 0 spiro atoms. The van der Waals surface area contributed by atoms with Gasteiger partial charge in [-0.25, -0.2) is 0 Å². The van der Waals surface area contributed by atoms with Crippen molar-refractivity contribution >= 4 is 0 Å². The molecule has 2 heterocycles. The summed E-state index contributed by atoms with van der Waals surface area (Å²) in [6, 6.07) is 0.762. The molecular weight excluding hydrogens is 138 g/mol. The molecule has 0 radical (unpaired) electrons. The molecule has 0 aliphatic carbocycles. The van der Waals surface area contributed by atoms with E-state index >= 15 is 0 Å². The maximum atomic E-state index is 5.70. The molecule has 0 saturated carbocycles. The Kier molecular flexibility index (Phi) is 2.14. The van der Waals surface area contributed by atoms with Crippen LogP contribution in [0.25, 0.3) is 0 Å². The lowest BCUT2D eigenvalue weighted by Gasteiger charge is -2.34. The van der Waals surface area contributed by atoms with Gasteiger partial charge in [-0.3, -0.25) is 4.90 Å². The summed E-state index contributed by atoms with van der Waals surface area (Å²) >= 11 is 0. The Morgan fingerprint density at radius 2 is 2.45 bits per heavy atom. The Morgan fingerprint density at radius 1 is 1.55 bits per heavy atom. The first-order valence-corrected chi connectivity index (χ1v) is 4.76. The van der Waals surface area contributed by atoms with Gasteiger partial charge in [-0.05, 0) is 25.8 Å². The van der Waals surface area contributed by atoms with Crippen LogP contribution in [0.15, 0.2) is 0 Å². The second-order valence-corrected chi connectivity index (χ2v) is 3.65. The minimum atomic E-state index is 0.518. The number of fused-ring (bicyclic) bond motifs is 1. The highest BCUT2D eigenvalue weighted by Crippen LogP contribution is 2.23. The van der Waals surface area contributed by atoms with E-state index in [1.165, 1.54) is 32.4 Å². The van der Waals surface area contributed by atoms with Crippen LogP contribution in [-0.4, -0.2) is 36.7 Å². The Bertz CT molecular complexity index is 138. The Labute approximate surface area is 68.5 Å². The number of hydrogen-bond acceptors (Lipinski definition) is 2. The highest BCUT2D eigenvalue weighted by atomic mass is 16.5. The van der Waals surface area contributed by atoms with Gasteiger partial charge < -0.3 is 4.74 Å². The first-order valence-electron chi connectivity index (χ1n) is 4.76. The largest absolute Gasteiger partial charge is 0.375 e. The summed E-state index contributed by atoms with van der Waals surface area (Å²) in [6.45, 7) is 5.69. The molecule has 64 valence electrons. The van der Waals surface area contributed by atoms with Crippen LogP contribution in [0.5, 0.6) is 0 Å². The highest BCUT2D eigenvalue weighted by Gasteiger charge is 2.31. The summed E-state index contributed by atoms with van der Waals surface area (Å²) in [5, 5.41) is 0. The Morgan fingerprint density at radius 3 is 3.27 bits per heavy atom. The number of nitrogens with zero attached hydrogens (tertiary/aromatic N) is 1. The number of hydrogen-bond donors (Lipinski definition) is 0. The van der Waals surface area contributed by atoms with Gasteiger partial charge in [0.1, 0.15) is 0 Å². The van der Waals surface area contributed by atoms with Gasteiger partial charge in [-0.2, -0.15) is 0 Å². The first kappa shape index (κ1) is 7.56. The lowest BCUT2D eigenvalue weighted by Crippen LogP contribution is -2.45. The second-order valence-electron chi connectivity index (χ2n) is 3.65. The fourth-order valence-corrected chi connectivity index (χ4v) is 2.13. The van der Waals surface area contributed by atoms with E-state index in [1.54, 1.807) is 0 Å². The zero-order valence-electron chi connectivity index (χ0n) is 7.25. The van der Waals surface area contributed by atoms with Crippen LogP contribution in [-0.2, 0) is 4.74 Å². The molecule has 0 N–H and O–H groups in total. The minimum absolute atomic E-state index is 0.518. The predicted octanol–water partition coefficient (Wildman–Crippen LogP) is 1.26. The lowest BCUT2D eigenvalue weighted by molar-refractivity contribution is -0.0494. The summed E-state index contributed by atoms with van der Waals surface area (Å²) in [5.41, 5.74) is 0.